The van der Waals surface area contributed by atoms with E-state index >= 15 is 0 Å². The predicted molar refractivity (Wildman–Crippen MR) is 76.3 cm³/mol. The van der Waals surface area contributed by atoms with Gasteiger partial charge in [-0.3, -0.25) is 0 Å². The lowest BCUT2D eigenvalue weighted by molar-refractivity contribution is 0.897. The maximum Gasteiger partial charge on any atom is -0.00950 e. The van der Waals surface area contributed by atoms with Crippen LogP contribution in [0.15, 0.2) is 35.9 Å². The van der Waals surface area contributed by atoms with E-state index in [1.165, 1.54) is 36.0 Å². The molecule has 0 aliphatic rings. The highest BCUT2D eigenvalue weighted by Crippen LogP contribution is 2.13. The average molecular weight is 234 g/mol. The van der Waals surface area contributed by atoms with E-state index in [1.54, 1.807) is 0 Å². The topological polar surface area (TPSA) is 0 Å². The molecule has 0 bridgehead atoms. The Balaban J connectivity index is 2.40. The van der Waals surface area contributed by atoms with Gasteiger partial charge in [-0.05, 0) is 56.4 Å². The molecule has 0 aromatic heterocycles. The number of aryl methyl sites for hydroxylation is 2. The fraction of sp³-hybridized carbons (Fsp3) is 0.467. The molecule has 0 nitrogen and oxygen atoms in total. The van der Waals surface area contributed by atoms with Crippen molar-refractivity contribution in [2.45, 2.75) is 39.5 Å². The van der Waals surface area contributed by atoms with Gasteiger partial charge in [0.1, 0.15) is 0 Å². The number of unbranched alkanes of at least 4 members (excludes halogenated alkanes) is 1. The summed E-state index contributed by atoms with van der Waals surface area (Å²) in [5, 5.41) is 0. The third-order valence-electron chi connectivity index (χ3n) is 2.90. The molecule has 0 atom stereocenters. The SMILES string of the molecule is CC(=CCCCS)CCc1ccccc1C. The molecule has 0 saturated carbocycles. The third-order valence-corrected chi connectivity index (χ3v) is 3.22. The van der Waals surface area contributed by atoms with Crippen LogP contribution in [0.1, 0.15) is 37.3 Å². The first-order valence-corrected chi connectivity index (χ1v) is 6.68. The van der Waals surface area contributed by atoms with Crippen LogP contribution in [-0.2, 0) is 6.42 Å². The van der Waals surface area contributed by atoms with Crippen LogP contribution < -0.4 is 0 Å². The fourth-order valence-electron chi connectivity index (χ4n) is 1.76. The van der Waals surface area contributed by atoms with Crippen molar-refractivity contribution in [2.24, 2.45) is 0 Å². The molecule has 0 aliphatic heterocycles. The van der Waals surface area contributed by atoms with Gasteiger partial charge >= 0.3 is 0 Å². The van der Waals surface area contributed by atoms with Gasteiger partial charge in [-0.2, -0.15) is 12.6 Å². The van der Waals surface area contributed by atoms with E-state index in [0.29, 0.717) is 0 Å². The van der Waals surface area contributed by atoms with E-state index < -0.39 is 0 Å². The van der Waals surface area contributed by atoms with Crippen molar-refractivity contribution in [1.82, 2.24) is 0 Å². The molecule has 0 N–H and O–H groups in total. The molecule has 1 rings (SSSR count). The van der Waals surface area contributed by atoms with E-state index in [-0.39, 0.29) is 0 Å². The quantitative estimate of drug-likeness (QED) is 0.415. The second-order valence-corrected chi connectivity index (χ2v) is 4.79. The first-order chi connectivity index (χ1) is 7.74. The van der Waals surface area contributed by atoms with Crippen LogP contribution in [0, 0.1) is 6.92 Å². The summed E-state index contributed by atoms with van der Waals surface area (Å²) in [6, 6.07) is 8.65. The minimum atomic E-state index is 0.988. The monoisotopic (exact) mass is 234 g/mol. The maximum atomic E-state index is 4.22. The molecule has 0 unspecified atom stereocenters. The largest absolute Gasteiger partial charge is 0.179 e. The normalized spacial score (nSPS) is 11.8. The molecule has 88 valence electrons. The van der Waals surface area contributed by atoms with E-state index in [2.05, 4.69) is 56.8 Å². The Hall–Kier alpha value is -0.690. The molecule has 0 saturated heterocycles. The van der Waals surface area contributed by atoms with Gasteiger partial charge in [-0.1, -0.05) is 35.9 Å². The fourth-order valence-corrected chi connectivity index (χ4v) is 1.95. The van der Waals surface area contributed by atoms with Crippen molar-refractivity contribution in [2.75, 3.05) is 5.75 Å². The Bertz CT molecular complexity index is 339. The van der Waals surface area contributed by atoms with Gasteiger partial charge in [0.25, 0.3) is 0 Å². The summed E-state index contributed by atoms with van der Waals surface area (Å²) in [7, 11) is 0. The Morgan fingerprint density at radius 3 is 2.75 bits per heavy atom. The van der Waals surface area contributed by atoms with Gasteiger partial charge in [0.15, 0.2) is 0 Å². The molecule has 0 heterocycles. The van der Waals surface area contributed by atoms with E-state index in [4.69, 9.17) is 0 Å². The first kappa shape index (κ1) is 13.4. The number of hydrogen-bond acceptors (Lipinski definition) is 1. The summed E-state index contributed by atoms with van der Waals surface area (Å²) in [5.41, 5.74) is 4.39. The van der Waals surface area contributed by atoms with Crippen molar-refractivity contribution in [3.63, 3.8) is 0 Å². The zero-order valence-corrected chi connectivity index (χ0v) is 11.3. The molecular weight excluding hydrogens is 212 g/mol. The molecule has 0 amide bonds. The van der Waals surface area contributed by atoms with E-state index in [1.807, 2.05) is 0 Å². The molecule has 0 aliphatic carbocycles. The highest BCUT2D eigenvalue weighted by atomic mass is 32.1. The molecule has 16 heavy (non-hydrogen) atoms. The molecule has 1 aromatic carbocycles. The predicted octanol–water partition coefficient (Wildman–Crippen LogP) is 4.58. The van der Waals surface area contributed by atoms with Gasteiger partial charge in [-0.25, -0.2) is 0 Å². The van der Waals surface area contributed by atoms with Gasteiger partial charge in [0.05, 0.1) is 0 Å². The zero-order chi connectivity index (χ0) is 11.8. The molecule has 0 radical (unpaired) electrons. The number of rotatable bonds is 6. The van der Waals surface area contributed by atoms with Crippen molar-refractivity contribution in [3.8, 4) is 0 Å². The van der Waals surface area contributed by atoms with Crippen molar-refractivity contribution in [3.05, 3.63) is 47.0 Å². The standard InChI is InChI=1S/C15H22S/c1-13(7-5-6-12-16)10-11-15-9-4-3-8-14(15)2/h3-4,7-9,16H,5-6,10-12H2,1-2H3. The molecular formula is C15H22S. The van der Waals surface area contributed by atoms with Crippen LogP contribution in [0.5, 0.6) is 0 Å². The Morgan fingerprint density at radius 2 is 2.06 bits per heavy atom. The smallest absolute Gasteiger partial charge is 0.00950 e. The summed E-state index contributed by atoms with van der Waals surface area (Å²) in [6.07, 6.45) is 7.05. The zero-order valence-electron chi connectivity index (χ0n) is 10.4. The minimum absolute atomic E-state index is 0.988. The van der Waals surface area contributed by atoms with E-state index in [0.717, 1.165) is 12.2 Å². The van der Waals surface area contributed by atoms with Crippen LogP contribution in [-0.4, -0.2) is 5.75 Å². The van der Waals surface area contributed by atoms with Crippen molar-refractivity contribution >= 4 is 12.6 Å². The van der Waals surface area contributed by atoms with Crippen LogP contribution >= 0.6 is 12.6 Å². The first-order valence-electron chi connectivity index (χ1n) is 6.05. The summed E-state index contributed by atoms with van der Waals surface area (Å²) in [4.78, 5) is 0. The van der Waals surface area contributed by atoms with Gasteiger partial charge < -0.3 is 0 Å². The highest BCUT2D eigenvalue weighted by molar-refractivity contribution is 7.80. The Morgan fingerprint density at radius 1 is 1.31 bits per heavy atom. The van der Waals surface area contributed by atoms with Crippen LogP contribution in [0.4, 0.5) is 0 Å². The van der Waals surface area contributed by atoms with E-state index in [9.17, 15) is 0 Å². The van der Waals surface area contributed by atoms with Crippen LogP contribution in [0.25, 0.3) is 0 Å². The summed E-state index contributed by atoms with van der Waals surface area (Å²) in [5.74, 6) is 0.988. The number of allylic oxidation sites excluding steroid dienone is 2. The molecule has 0 spiro atoms. The third kappa shape index (κ3) is 4.89. The second-order valence-electron chi connectivity index (χ2n) is 4.34. The van der Waals surface area contributed by atoms with Crippen LogP contribution in [0.2, 0.25) is 0 Å². The Labute approximate surface area is 105 Å². The molecule has 1 heteroatoms. The average Bonchev–Trinajstić information content (AvgIpc) is 2.28. The number of hydrogen-bond donors (Lipinski definition) is 1. The lowest BCUT2D eigenvalue weighted by atomic mass is 10.0. The highest BCUT2D eigenvalue weighted by Gasteiger charge is 1.97. The molecule has 1 aromatic rings. The van der Waals surface area contributed by atoms with Crippen molar-refractivity contribution < 1.29 is 0 Å². The lowest BCUT2D eigenvalue weighted by Gasteiger charge is -2.05. The van der Waals surface area contributed by atoms with Gasteiger partial charge in [-0.15, -0.1) is 0 Å². The van der Waals surface area contributed by atoms with Gasteiger partial charge in [0, 0.05) is 0 Å². The number of benzene rings is 1. The number of thiol groups is 1. The molecule has 0 fully saturated rings. The van der Waals surface area contributed by atoms with Crippen LogP contribution in [0.3, 0.4) is 0 Å². The lowest BCUT2D eigenvalue weighted by Crippen LogP contribution is -1.90. The van der Waals surface area contributed by atoms with Gasteiger partial charge in [0.2, 0.25) is 0 Å². The summed E-state index contributed by atoms with van der Waals surface area (Å²) < 4.78 is 0. The summed E-state index contributed by atoms with van der Waals surface area (Å²) in [6.45, 7) is 4.42. The Kier molecular flexibility index (Phi) is 6.32. The maximum absolute atomic E-state index is 4.22. The minimum Gasteiger partial charge on any atom is -0.179 e. The summed E-state index contributed by atoms with van der Waals surface area (Å²) >= 11 is 4.22. The second kappa shape index (κ2) is 7.56. The van der Waals surface area contributed by atoms with Crippen molar-refractivity contribution in [1.29, 1.82) is 0 Å².